The Morgan fingerprint density at radius 3 is 2.37 bits per heavy atom. The van der Waals surface area contributed by atoms with E-state index in [9.17, 15) is 9.59 Å². The summed E-state index contributed by atoms with van der Waals surface area (Å²) in [5.41, 5.74) is 2.06. The van der Waals surface area contributed by atoms with Crippen LogP contribution in [0.15, 0.2) is 47.3 Å². The second-order valence-electron chi connectivity index (χ2n) is 8.74. The molecule has 3 aromatic rings. The van der Waals surface area contributed by atoms with E-state index in [2.05, 4.69) is 26.3 Å². The van der Waals surface area contributed by atoms with E-state index in [4.69, 9.17) is 9.47 Å². The number of aromatic nitrogens is 4. The van der Waals surface area contributed by atoms with E-state index in [-0.39, 0.29) is 18.0 Å². The molecule has 0 N–H and O–H groups in total. The summed E-state index contributed by atoms with van der Waals surface area (Å²) in [5, 5.41) is 13.2. The predicted molar refractivity (Wildman–Crippen MR) is 130 cm³/mol. The standard InChI is InChI=1S/C25H28N6O4/c1-34-21-8-5-18(15-22(21)35-2)20-7-10-24(32)31(28-20)16-25(33)30-13-11-29(12-14-30)23-9-6-19(26-27-23)17-3-4-17/h5-10,15,17H,3-4,11-14,16H2,1-2H3. The highest BCUT2D eigenvalue weighted by Gasteiger charge is 2.26. The van der Waals surface area contributed by atoms with Crippen molar-refractivity contribution < 1.29 is 14.3 Å². The molecule has 0 atom stereocenters. The van der Waals surface area contributed by atoms with Crippen LogP contribution in [0.25, 0.3) is 11.3 Å². The number of rotatable bonds is 7. The van der Waals surface area contributed by atoms with Gasteiger partial charge < -0.3 is 19.3 Å². The van der Waals surface area contributed by atoms with Crippen molar-refractivity contribution in [3.8, 4) is 22.8 Å². The Bertz CT molecular complexity index is 1260. The minimum absolute atomic E-state index is 0.115. The van der Waals surface area contributed by atoms with Gasteiger partial charge in [-0.25, -0.2) is 4.68 Å². The summed E-state index contributed by atoms with van der Waals surface area (Å²) in [6, 6.07) is 12.5. The Kier molecular flexibility index (Phi) is 6.35. The maximum atomic E-state index is 13.0. The SMILES string of the molecule is COc1ccc(-c2ccc(=O)n(CC(=O)N3CCN(c4ccc(C5CC5)nn4)CC3)n2)cc1OC. The lowest BCUT2D eigenvalue weighted by molar-refractivity contribution is -0.132. The molecule has 3 heterocycles. The number of hydrogen-bond acceptors (Lipinski definition) is 8. The van der Waals surface area contributed by atoms with Gasteiger partial charge in [0.05, 0.1) is 25.6 Å². The molecular weight excluding hydrogens is 448 g/mol. The maximum absolute atomic E-state index is 13.0. The van der Waals surface area contributed by atoms with Gasteiger partial charge in [0.1, 0.15) is 6.54 Å². The molecule has 2 aromatic heterocycles. The Morgan fingerprint density at radius 1 is 0.943 bits per heavy atom. The molecule has 0 radical (unpaired) electrons. The molecule has 0 bridgehead atoms. The van der Waals surface area contributed by atoms with Gasteiger partial charge in [0.2, 0.25) is 5.91 Å². The van der Waals surface area contributed by atoms with Gasteiger partial charge in [-0.1, -0.05) is 0 Å². The summed E-state index contributed by atoms with van der Waals surface area (Å²) in [6.07, 6.45) is 2.40. The van der Waals surface area contributed by atoms with Crippen molar-refractivity contribution in [1.29, 1.82) is 0 Å². The number of carbonyl (C=O) groups excluding carboxylic acids is 1. The lowest BCUT2D eigenvalue weighted by Crippen LogP contribution is -2.50. The van der Waals surface area contributed by atoms with Crippen LogP contribution in [0.1, 0.15) is 24.5 Å². The second-order valence-corrected chi connectivity index (χ2v) is 8.74. The van der Waals surface area contributed by atoms with Crippen LogP contribution in [0, 0.1) is 0 Å². The van der Waals surface area contributed by atoms with Crippen LogP contribution in [0.2, 0.25) is 0 Å². The average Bonchev–Trinajstić information content (AvgIpc) is 3.75. The molecule has 10 heteroatoms. The van der Waals surface area contributed by atoms with Gasteiger partial charge in [0.25, 0.3) is 5.56 Å². The van der Waals surface area contributed by atoms with Crippen LogP contribution in [-0.2, 0) is 11.3 Å². The quantitative estimate of drug-likeness (QED) is 0.510. The molecular formula is C25H28N6O4. The summed E-state index contributed by atoms with van der Waals surface area (Å²) in [5.74, 6) is 2.43. The van der Waals surface area contributed by atoms with E-state index in [1.54, 1.807) is 37.3 Å². The molecule has 10 nitrogen and oxygen atoms in total. The molecule has 1 saturated carbocycles. The third-order valence-corrected chi connectivity index (χ3v) is 6.45. The highest BCUT2D eigenvalue weighted by molar-refractivity contribution is 5.76. The first-order valence-corrected chi connectivity index (χ1v) is 11.7. The van der Waals surface area contributed by atoms with E-state index in [1.165, 1.54) is 23.6 Å². The normalized spacial score (nSPS) is 15.7. The number of hydrogen-bond donors (Lipinski definition) is 0. The predicted octanol–water partition coefficient (Wildman–Crippen LogP) is 1.94. The van der Waals surface area contributed by atoms with E-state index in [0.717, 1.165) is 17.1 Å². The topological polar surface area (TPSA) is 103 Å². The largest absolute Gasteiger partial charge is 0.493 e. The first-order chi connectivity index (χ1) is 17.1. The minimum Gasteiger partial charge on any atom is -0.493 e. The van der Waals surface area contributed by atoms with Gasteiger partial charge in [-0.15, -0.1) is 5.10 Å². The molecule has 1 aromatic carbocycles. The van der Waals surface area contributed by atoms with Gasteiger partial charge in [0.15, 0.2) is 17.3 Å². The van der Waals surface area contributed by atoms with E-state index >= 15 is 0 Å². The smallest absolute Gasteiger partial charge is 0.267 e. The summed E-state index contributed by atoms with van der Waals surface area (Å²) in [6.45, 7) is 2.31. The van der Waals surface area contributed by atoms with Crippen molar-refractivity contribution in [3.05, 3.63) is 58.5 Å². The van der Waals surface area contributed by atoms with Crippen LogP contribution in [0.5, 0.6) is 11.5 Å². The van der Waals surface area contributed by atoms with Crippen molar-refractivity contribution in [3.63, 3.8) is 0 Å². The summed E-state index contributed by atoms with van der Waals surface area (Å²) in [4.78, 5) is 29.3. The zero-order valence-corrected chi connectivity index (χ0v) is 19.9. The lowest BCUT2D eigenvalue weighted by atomic mass is 10.1. The second kappa shape index (κ2) is 9.73. The monoisotopic (exact) mass is 476 g/mol. The number of carbonyl (C=O) groups is 1. The zero-order valence-electron chi connectivity index (χ0n) is 19.9. The van der Waals surface area contributed by atoms with Gasteiger partial charge in [-0.3, -0.25) is 9.59 Å². The van der Waals surface area contributed by atoms with Gasteiger partial charge >= 0.3 is 0 Å². The Hall–Kier alpha value is -3.95. The highest BCUT2D eigenvalue weighted by Crippen LogP contribution is 2.38. The molecule has 2 fully saturated rings. The molecule has 0 unspecified atom stereocenters. The third kappa shape index (κ3) is 4.96. The van der Waals surface area contributed by atoms with Crippen molar-refractivity contribution in [2.24, 2.45) is 0 Å². The number of anilines is 1. The van der Waals surface area contributed by atoms with Crippen molar-refractivity contribution >= 4 is 11.7 Å². The average molecular weight is 477 g/mol. The molecule has 1 aliphatic heterocycles. The third-order valence-electron chi connectivity index (χ3n) is 6.45. The van der Waals surface area contributed by atoms with Crippen LogP contribution >= 0.6 is 0 Å². The zero-order chi connectivity index (χ0) is 24.4. The lowest BCUT2D eigenvalue weighted by Gasteiger charge is -2.35. The number of nitrogens with zero attached hydrogens (tertiary/aromatic N) is 6. The van der Waals surface area contributed by atoms with Gasteiger partial charge in [-0.2, -0.15) is 10.2 Å². The number of amides is 1. The van der Waals surface area contributed by atoms with Crippen molar-refractivity contribution in [2.45, 2.75) is 25.3 Å². The number of piperazine rings is 1. The summed E-state index contributed by atoms with van der Waals surface area (Å²) < 4.78 is 11.9. The fraction of sp³-hybridized carbons (Fsp3) is 0.400. The van der Waals surface area contributed by atoms with Crippen LogP contribution in [0.4, 0.5) is 5.82 Å². The highest BCUT2D eigenvalue weighted by atomic mass is 16.5. The number of methoxy groups -OCH3 is 2. The van der Waals surface area contributed by atoms with Gasteiger partial charge in [0, 0.05) is 43.7 Å². The van der Waals surface area contributed by atoms with E-state index < -0.39 is 0 Å². The Labute approximate surface area is 203 Å². The first kappa shape index (κ1) is 22.8. The molecule has 35 heavy (non-hydrogen) atoms. The van der Waals surface area contributed by atoms with Crippen LogP contribution < -0.4 is 19.9 Å². The van der Waals surface area contributed by atoms with E-state index in [1.807, 2.05) is 12.1 Å². The fourth-order valence-corrected chi connectivity index (χ4v) is 4.23. The molecule has 182 valence electrons. The van der Waals surface area contributed by atoms with Crippen LogP contribution in [-0.4, -0.2) is 71.2 Å². The summed E-state index contributed by atoms with van der Waals surface area (Å²) in [7, 11) is 3.13. The van der Waals surface area contributed by atoms with Gasteiger partial charge in [-0.05, 0) is 49.2 Å². The molecule has 1 aliphatic carbocycles. The van der Waals surface area contributed by atoms with E-state index in [0.29, 0.717) is 49.3 Å². The molecule has 5 rings (SSSR count). The fourth-order valence-electron chi connectivity index (χ4n) is 4.23. The Balaban J connectivity index is 1.23. The minimum atomic E-state index is -0.327. The maximum Gasteiger partial charge on any atom is 0.267 e. The number of benzene rings is 1. The first-order valence-electron chi connectivity index (χ1n) is 11.7. The molecule has 2 aliphatic rings. The molecule has 1 saturated heterocycles. The summed E-state index contributed by atoms with van der Waals surface area (Å²) >= 11 is 0. The number of ether oxygens (including phenoxy) is 2. The van der Waals surface area contributed by atoms with Crippen LogP contribution in [0.3, 0.4) is 0 Å². The van der Waals surface area contributed by atoms with Crippen molar-refractivity contribution in [1.82, 2.24) is 24.9 Å². The molecule has 0 spiro atoms. The molecule has 1 amide bonds. The van der Waals surface area contributed by atoms with Crippen molar-refractivity contribution in [2.75, 3.05) is 45.3 Å². The Morgan fingerprint density at radius 2 is 1.71 bits per heavy atom.